The third-order valence-corrected chi connectivity index (χ3v) is 4.52. The maximum atomic E-state index is 14.0. The molecule has 4 nitrogen and oxygen atoms in total. The molecule has 116 valence electrons. The van der Waals surface area contributed by atoms with Crippen molar-refractivity contribution in [2.75, 3.05) is 34.8 Å². The van der Waals surface area contributed by atoms with Gasteiger partial charge in [-0.2, -0.15) is 0 Å². The molecule has 1 amide bonds. The van der Waals surface area contributed by atoms with Crippen LogP contribution in [0.25, 0.3) is 0 Å². The fourth-order valence-corrected chi connectivity index (χ4v) is 2.85. The topological polar surface area (TPSA) is 32.8 Å². The Morgan fingerprint density at radius 2 is 2.00 bits per heavy atom. The van der Waals surface area contributed by atoms with E-state index in [0.717, 1.165) is 12.8 Å². The minimum Gasteiger partial charge on any atom is -0.497 e. The molecule has 5 heteroatoms. The maximum Gasteiger partial charge on any atom is 0.256 e. The summed E-state index contributed by atoms with van der Waals surface area (Å²) in [6.45, 7) is 0.615. The van der Waals surface area contributed by atoms with E-state index in [0.29, 0.717) is 12.3 Å². The first kappa shape index (κ1) is 15.8. The Balaban J connectivity index is 2.12. The number of ether oxygens (including phenoxy) is 1. The molecule has 0 aromatic heterocycles. The molecule has 0 spiro atoms. The summed E-state index contributed by atoms with van der Waals surface area (Å²) in [7, 11) is 7.27. The molecule has 0 atom stereocenters. The normalized spacial score (nSPS) is 16.5. The number of hydrogen-bond acceptors (Lipinski definition) is 3. The van der Waals surface area contributed by atoms with Crippen LogP contribution in [0.2, 0.25) is 0 Å². The number of benzene rings is 1. The minimum atomic E-state index is -0.543. The van der Waals surface area contributed by atoms with Gasteiger partial charge in [0.25, 0.3) is 5.91 Å². The van der Waals surface area contributed by atoms with Gasteiger partial charge in [0.1, 0.15) is 11.6 Å². The van der Waals surface area contributed by atoms with Crippen LogP contribution >= 0.6 is 0 Å². The predicted octanol–water partition coefficient (Wildman–Crippen LogP) is 2.39. The highest BCUT2D eigenvalue weighted by molar-refractivity contribution is 5.94. The Hall–Kier alpha value is -1.62. The second-order valence-electron chi connectivity index (χ2n) is 5.98. The van der Waals surface area contributed by atoms with Crippen molar-refractivity contribution in [2.45, 2.75) is 24.8 Å². The Bertz CT molecular complexity index is 527. The first-order chi connectivity index (χ1) is 9.89. The van der Waals surface area contributed by atoms with Crippen molar-refractivity contribution in [3.8, 4) is 5.75 Å². The van der Waals surface area contributed by atoms with Crippen LogP contribution < -0.4 is 4.74 Å². The van der Waals surface area contributed by atoms with Crippen LogP contribution in [0.5, 0.6) is 5.75 Å². The lowest BCUT2D eigenvalue weighted by molar-refractivity contribution is 0.0250. The molecular formula is C16H23FN2O2. The van der Waals surface area contributed by atoms with E-state index < -0.39 is 5.82 Å². The number of amides is 1. The molecule has 1 aliphatic rings. The van der Waals surface area contributed by atoms with Gasteiger partial charge in [0.05, 0.1) is 12.7 Å². The molecule has 0 radical (unpaired) electrons. The van der Waals surface area contributed by atoms with E-state index in [2.05, 4.69) is 4.90 Å². The summed E-state index contributed by atoms with van der Waals surface area (Å²) in [6.07, 6.45) is 3.32. The molecule has 1 aromatic carbocycles. The molecule has 1 aromatic rings. The van der Waals surface area contributed by atoms with Gasteiger partial charge in [0.15, 0.2) is 0 Å². The van der Waals surface area contributed by atoms with E-state index in [9.17, 15) is 9.18 Å². The number of nitrogens with zero attached hydrogens (tertiary/aromatic N) is 2. The summed E-state index contributed by atoms with van der Waals surface area (Å²) in [5, 5.41) is 0. The largest absolute Gasteiger partial charge is 0.497 e. The average molecular weight is 294 g/mol. The molecule has 1 saturated carbocycles. The number of likely N-dealkylation sites (N-methyl/N-ethyl adjacent to an activating group) is 2. The average Bonchev–Trinajstić information content (AvgIpc) is 2.41. The second-order valence-corrected chi connectivity index (χ2v) is 5.98. The SMILES string of the molecule is COc1ccc(C(=O)N(C)CC2(N(C)C)CCC2)c(F)c1. The number of hydrogen-bond donors (Lipinski definition) is 0. The van der Waals surface area contributed by atoms with Crippen LogP contribution in [0.4, 0.5) is 4.39 Å². The smallest absolute Gasteiger partial charge is 0.256 e. The molecule has 0 aliphatic heterocycles. The third kappa shape index (κ3) is 3.02. The van der Waals surface area contributed by atoms with Crippen molar-refractivity contribution in [1.29, 1.82) is 0 Å². The van der Waals surface area contributed by atoms with Crippen molar-refractivity contribution in [2.24, 2.45) is 0 Å². The Kier molecular flexibility index (Phi) is 4.52. The van der Waals surface area contributed by atoms with Gasteiger partial charge >= 0.3 is 0 Å². The standard InChI is InChI=1S/C16H23FN2O2/c1-18(2)16(8-5-9-16)11-19(3)15(20)13-7-6-12(21-4)10-14(13)17/h6-7,10H,5,8-9,11H2,1-4H3. The summed E-state index contributed by atoms with van der Waals surface area (Å²) >= 11 is 0. The van der Waals surface area contributed by atoms with Crippen LogP contribution in [0, 0.1) is 5.82 Å². The van der Waals surface area contributed by atoms with Gasteiger partial charge in [-0.25, -0.2) is 4.39 Å². The van der Waals surface area contributed by atoms with E-state index in [4.69, 9.17) is 4.74 Å². The molecule has 0 bridgehead atoms. The van der Waals surface area contributed by atoms with Gasteiger partial charge in [-0.05, 0) is 45.5 Å². The molecule has 1 fully saturated rings. The lowest BCUT2D eigenvalue weighted by Crippen LogP contribution is -2.57. The zero-order valence-corrected chi connectivity index (χ0v) is 13.1. The molecular weight excluding hydrogens is 271 g/mol. The van der Waals surface area contributed by atoms with E-state index in [1.807, 2.05) is 14.1 Å². The van der Waals surface area contributed by atoms with Crippen molar-refractivity contribution in [3.63, 3.8) is 0 Å². The van der Waals surface area contributed by atoms with Crippen molar-refractivity contribution >= 4 is 5.91 Å². The first-order valence-electron chi connectivity index (χ1n) is 7.16. The van der Waals surface area contributed by atoms with Gasteiger partial charge in [0, 0.05) is 25.2 Å². The number of methoxy groups -OCH3 is 1. The number of carbonyl (C=O) groups excluding carboxylic acids is 1. The summed E-state index contributed by atoms with van der Waals surface area (Å²) in [6, 6.07) is 4.33. The van der Waals surface area contributed by atoms with Crippen LogP contribution in [-0.4, -0.2) is 56.0 Å². The second kappa shape index (κ2) is 6.02. The lowest BCUT2D eigenvalue weighted by atomic mass is 9.75. The molecule has 0 unspecified atom stereocenters. The Morgan fingerprint density at radius 3 is 2.43 bits per heavy atom. The predicted molar refractivity (Wildman–Crippen MR) is 80.2 cm³/mol. The Labute approximate surface area is 125 Å². The summed E-state index contributed by atoms with van der Waals surface area (Å²) in [5.41, 5.74) is 0.124. The molecule has 0 saturated heterocycles. The number of carbonyl (C=O) groups is 1. The van der Waals surface area contributed by atoms with Crippen molar-refractivity contribution < 1.29 is 13.9 Å². The minimum absolute atomic E-state index is 0.0351. The van der Waals surface area contributed by atoms with Gasteiger partial charge in [-0.1, -0.05) is 0 Å². The van der Waals surface area contributed by atoms with Crippen LogP contribution in [0.3, 0.4) is 0 Å². The van der Waals surface area contributed by atoms with Crippen molar-refractivity contribution in [1.82, 2.24) is 9.80 Å². The lowest BCUT2D eigenvalue weighted by Gasteiger charge is -2.49. The van der Waals surface area contributed by atoms with E-state index in [1.54, 1.807) is 18.0 Å². The third-order valence-electron chi connectivity index (χ3n) is 4.52. The van der Waals surface area contributed by atoms with Gasteiger partial charge in [0.2, 0.25) is 0 Å². The monoisotopic (exact) mass is 294 g/mol. The Morgan fingerprint density at radius 1 is 1.33 bits per heavy atom. The van der Waals surface area contributed by atoms with E-state index in [1.165, 1.54) is 25.7 Å². The van der Waals surface area contributed by atoms with Crippen LogP contribution in [0.15, 0.2) is 18.2 Å². The molecule has 21 heavy (non-hydrogen) atoms. The zero-order valence-electron chi connectivity index (χ0n) is 13.1. The van der Waals surface area contributed by atoms with Gasteiger partial charge in [-0.15, -0.1) is 0 Å². The van der Waals surface area contributed by atoms with Gasteiger partial charge in [-0.3, -0.25) is 4.79 Å². The highest BCUT2D eigenvalue weighted by Crippen LogP contribution is 2.36. The van der Waals surface area contributed by atoms with E-state index in [-0.39, 0.29) is 17.0 Å². The quantitative estimate of drug-likeness (QED) is 0.836. The fraction of sp³-hybridized carbons (Fsp3) is 0.562. The summed E-state index contributed by atoms with van der Waals surface area (Å²) in [4.78, 5) is 16.2. The maximum absolute atomic E-state index is 14.0. The van der Waals surface area contributed by atoms with Crippen LogP contribution in [-0.2, 0) is 0 Å². The molecule has 0 N–H and O–H groups in total. The van der Waals surface area contributed by atoms with Crippen molar-refractivity contribution in [3.05, 3.63) is 29.6 Å². The van der Waals surface area contributed by atoms with Gasteiger partial charge < -0.3 is 14.5 Å². The highest BCUT2D eigenvalue weighted by atomic mass is 19.1. The zero-order chi connectivity index (χ0) is 15.6. The molecule has 2 rings (SSSR count). The number of rotatable bonds is 5. The number of halogens is 1. The highest BCUT2D eigenvalue weighted by Gasteiger charge is 2.40. The summed E-state index contributed by atoms with van der Waals surface area (Å²) in [5.74, 6) is -0.419. The van der Waals surface area contributed by atoms with Crippen LogP contribution in [0.1, 0.15) is 29.6 Å². The summed E-state index contributed by atoms with van der Waals surface area (Å²) < 4.78 is 19.0. The first-order valence-corrected chi connectivity index (χ1v) is 7.16. The molecule has 1 aliphatic carbocycles. The van der Waals surface area contributed by atoms with E-state index >= 15 is 0 Å². The fourth-order valence-electron chi connectivity index (χ4n) is 2.85. The molecule has 0 heterocycles.